The standard InChI is InChI=1S/C16H33N3O2/c1-5-19(13-9-7-6-8-10-13)14(11-17)12-18-15(20)21-16(2,3)4/h13-14H,5-12,17H2,1-4H3,(H,18,20). The first kappa shape index (κ1) is 18.2. The number of hydrogen-bond donors (Lipinski definition) is 2. The van der Waals surface area contributed by atoms with Gasteiger partial charge in [0.25, 0.3) is 0 Å². The minimum Gasteiger partial charge on any atom is -0.444 e. The molecule has 0 bridgehead atoms. The molecule has 1 saturated carbocycles. The molecule has 1 amide bonds. The predicted octanol–water partition coefficient (Wildman–Crippen LogP) is 2.49. The normalized spacial score (nSPS) is 18.6. The number of carbonyl (C=O) groups excluding carboxylic acids is 1. The van der Waals surface area contributed by atoms with Gasteiger partial charge in [0, 0.05) is 25.2 Å². The molecule has 5 nitrogen and oxygen atoms in total. The Labute approximate surface area is 129 Å². The molecule has 1 unspecified atom stereocenters. The highest BCUT2D eigenvalue weighted by atomic mass is 16.6. The zero-order valence-electron chi connectivity index (χ0n) is 14.2. The molecular weight excluding hydrogens is 266 g/mol. The van der Waals surface area contributed by atoms with Gasteiger partial charge in [0.05, 0.1) is 0 Å². The maximum absolute atomic E-state index is 11.8. The quantitative estimate of drug-likeness (QED) is 0.791. The van der Waals surface area contributed by atoms with Gasteiger partial charge in [0.1, 0.15) is 5.60 Å². The number of ether oxygens (including phenoxy) is 1. The van der Waals surface area contributed by atoms with E-state index in [1.54, 1.807) is 0 Å². The van der Waals surface area contributed by atoms with Crippen LogP contribution < -0.4 is 11.1 Å². The SMILES string of the molecule is CCN(C1CCCCC1)C(CN)CNC(=O)OC(C)(C)C. The maximum Gasteiger partial charge on any atom is 0.407 e. The Morgan fingerprint density at radius 3 is 2.43 bits per heavy atom. The third-order valence-corrected chi connectivity index (χ3v) is 4.03. The Morgan fingerprint density at radius 1 is 1.33 bits per heavy atom. The fourth-order valence-electron chi connectivity index (χ4n) is 3.08. The van der Waals surface area contributed by atoms with E-state index in [4.69, 9.17) is 10.5 Å². The van der Waals surface area contributed by atoms with Gasteiger partial charge >= 0.3 is 6.09 Å². The molecule has 0 heterocycles. The van der Waals surface area contributed by atoms with Crippen molar-refractivity contribution < 1.29 is 9.53 Å². The highest BCUT2D eigenvalue weighted by Gasteiger charge is 2.26. The maximum atomic E-state index is 11.8. The predicted molar refractivity (Wildman–Crippen MR) is 86.3 cm³/mol. The molecule has 0 aromatic carbocycles. The number of nitrogens with two attached hydrogens (primary N) is 1. The number of carbonyl (C=O) groups is 1. The Balaban J connectivity index is 2.49. The van der Waals surface area contributed by atoms with Gasteiger partial charge in [-0.05, 0) is 40.2 Å². The smallest absolute Gasteiger partial charge is 0.407 e. The zero-order valence-corrected chi connectivity index (χ0v) is 14.2. The Hall–Kier alpha value is -0.810. The van der Waals surface area contributed by atoms with Crippen LogP contribution >= 0.6 is 0 Å². The molecule has 0 aliphatic heterocycles. The lowest BCUT2D eigenvalue weighted by Crippen LogP contribution is -2.53. The molecule has 0 radical (unpaired) electrons. The molecule has 0 spiro atoms. The number of hydrogen-bond acceptors (Lipinski definition) is 4. The van der Waals surface area contributed by atoms with Crippen LogP contribution in [0, 0.1) is 0 Å². The summed E-state index contributed by atoms with van der Waals surface area (Å²) < 4.78 is 5.28. The van der Waals surface area contributed by atoms with Crippen LogP contribution in [0.2, 0.25) is 0 Å². The van der Waals surface area contributed by atoms with Crippen LogP contribution in [0.1, 0.15) is 59.8 Å². The molecule has 1 fully saturated rings. The van der Waals surface area contributed by atoms with Crippen LogP contribution in [0.15, 0.2) is 0 Å². The van der Waals surface area contributed by atoms with Gasteiger partial charge in [-0.2, -0.15) is 0 Å². The van der Waals surface area contributed by atoms with Crippen molar-refractivity contribution in [3.63, 3.8) is 0 Å². The largest absolute Gasteiger partial charge is 0.444 e. The fourth-order valence-corrected chi connectivity index (χ4v) is 3.08. The van der Waals surface area contributed by atoms with Crippen LogP contribution in [0.5, 0.6) is 0 Å². The fraction of sp³-hybridized carbons (Fsp3) is 0.938. The molecule has 0 saturated heterocycles. The topological polar surface area (TPSA) is 67.6 Å². The molecule has 1 aliphatic carbocycles. The van der Waals surface area contributed by atoms with Crippen molar-refractivity contribution in [1.82, 2.24) is 10.2 Å². The van der Waals surface area contributed by atoms with Gasteiger partial charge < -0.3 is 15.8 Å². The van der Waals surface area contributed by atoms with E-state index in [-0.39, 0.29) is 12.1 Å². The van der Waals surface area contributed by atoms with Crippen molar-refractivity contribution in [2.45, 2.75) is 77.5 Å². The van der Waals surface area contributed by atoms with Gasteiger partial charge in [0.2, 0.25) is 0 Å². The summed E-state index contributed by atoms with van der Waals surface area (Å²) in [5.74, 6) is 0. The second kappa shape index (κ2) is 8.59. The average Bonchev–Trinajstić information content (AvgIpc) is 2.42. The lowest BCUT2D eigenvalue weighted by molar-refractivity contribution is 0.0488. The van der Waals surface area contributed by atoms with E-state index < -0.39 is 5.60 Å². The van der Waals surface area contributed by atoms with Gasteiger partial charge in [-0.1, -0.05) is 26.2 Å². The van der Waals surface area contributed by atoms with E-state index in [1.165, 1.54) is 32.1 Å². The molecule has 1 rings (SSSR count). The number of rotatable bonds is 6. The number of amides is 1. The van der Waals surface area contributed by atoms with Crippen LogP contribution in [-0.4, -0.2) is 48.3 Å². The number of nitrogens with one attached hydrogen (secondary N) is 1. The van der Waals surface area contributed by atoms with Gasteiger partial charge in [-0.25, -0.2) is 4.79 Å². The van der Waals surface area contributed by atoms with Crippen LogP contribution in [0.25, 0.3) is 0 Å². The highest BCUT2D eigenvalue weighted by Crippen LogP contribution is 2.23. The molecule has 5 heteroatoms. The number of alkyl carbamates (subject to hydrolysis) is 1. The Kier molecular flexibility index (Phi) is 7.46. The van der Waals surface area contributed by atoms with E-state index in [2.05, 4.69) is 17.1 Å². The van der Waals surface area contributed by atoms with Crippen molar-refractivity contribution in [2.24, 2.45) is 5.73 Å². The molecule has 3 N–H and O–H groups in total. The average molecular weight is 299 g/mol. The monoisotopic (exact) mass is 299 g/mol. The van der Waals surface area contributed by atoms with Gasteiger partial charge in [0.15, 0.2) is 0 Å². The summed E-state index contributed by atoms with van der Waals surface area (Å²) in [6.45, 7) is 9.86. The third-order valence-electron chi connectivity index (χ3n) is 4.03. The third kappa shape index (κ3) is 6.66. The molecule has 0 aromatic heterocycles. The molecule has 124 valence electrons. The van der Waals surface area contributed by atoms with Crippen molar-refractivity contribution in [2.75, 3.05) is 19.6 Å². The number of likely N-dealkylation sites (N-methyl/N-ethyl adjacent to an activating group) is 1. The second-order valence-electron chi connectivity index (χ2n) is 6.89. The summed E-state index contributed by atoms with van der Waals surface area (Å²) in [4.78, 5) is 14.2. The van der Waals surface area contributed by atoms with Crippen LogP contribution in [-0.2, 0) is 4.74 Å². The molecule has 1 aliphatic rings. The van der Waals surface area contributed by atoms with Crippen molar-refractivity contribution in [3.8, 4) is 0 Å². The van der Waals surface area contributed by atoms with Crippen molar-refractivity contribution in [3.05, 3.63) is 0 Å². The summed E-state index contributed by atoms with van der Waals surface area (Å²) in [6.07, 6.45) is 6.08. The molecule has 1 atom stereocenters. The summed E-state index contributed by atoms with van der Waals surface area (Å²) >= 11 is 0. The van der Waals surface area contributed by atoms with Crippen LogP contribution in [0.3, 0.4) is 0 Å². The summed E-state index contributed by atoms with van der Waals surface area (Å²) in [5, 5.41) is 2.86. The highest BCUT2D eigenvalue weighted by molar-refractivity contribution is 5.67. The lowest BCUT2D eigenvalue weighted by Gasteiger charge is -2.39. The van der Waals surface area contributed by atoms with Crippen molar-refractivity contribution >= 4 is 6.09 Å². The molecule has 0 aromatic rings. The Morgan fingerprint density at radius 2 is 1.95 bits per heavy atom. The van der Waals surface area contributed by atoms with Gasteiger partial charge in [-0.3, -0.25) is 4.90 Å². The molecular formula is C16H33N3O2. The minimum absolute atomic E-state index is 0.186. The van der Waals surface area contributed by atoms with E-state index in [0.29, 0.717) is 19.1 Å². The minimum atomic E-state index is -0.462. The second-order valence-corrected chi connectivity index (χ2v) is 6.89. The first-order chi connectivity index (χ1) is 9.87. The van der Waals surface area contributed by atoms with Gasteiger partial charge in [-0.15, -0.1) is 0 Å². The first-order valence-electron chi connectivity index (χ1n) is 8.30. The van der Waals surface area contributed by atoms with E-state index in [9.17, 15) is 4.79 Å². The van der Waals surface area contributed by atoms with Crippen LogP contribution in [0.4, 0.5) is 4.79 Å². The summed E-state index contributed by atoms with van der Waals surface area (Å²) in [6, 6.07) is 0.795. The summed E-state index contributed by atoms with van der Waals surface area (Å²) in [7, 11) is 0. The lowest BCUT2D eigenvalue weighted by atomic mass is 9.93. The first-order valence-corrected chi connectivity index (χ1v) is 8.30. The Bertz CT molecular complexity index is 309. The van der Waals surface area contributed by atoms with E-state index in [0.717, 1.165) is 6.54 Å². The molecule has 21 heavy (non-hydrogen) atoms. The summed E-state index contributed by atoms with van der Waals surface area (Å²) in [5.41, 5.74) is 5.47. The van der Waals surface area contributed by atoms with E-state index >= 15 is 0 Å². The van der Waals surface area contributed by atoms with E-state index in [1.807, 2.05) is 20.8 Å². The zero-order chi connectivity index (χ0) is 15.9. The number of nitrogens with zero attached hydrogens (tertiary/aromatic N) is 1. The van der Waals surface area contributed by atoms with Crippen molar-refractivity contribution in [1.29, 1.82) is 0 Å².